The van der Waals surface area contributed by atoms with Crippen LogP contribution in [0.4, 0.5) is 0 Å². The molecule has 0 radical (unpaired) electrons. The van der Waals surface area contributed by atoms with Gasteiger partial charge in [0.15, 0.2) is 0 Å². The molecule has 0 N–H and O–H groups in total. The number of benzene rings is 1. The maximum absolute atomic E-state index is 13.2. The first-order valence-corrected chi connectivity index (χ1v) is 10.6. The quantitative estimate of drug-likeness (QED) is 0.700. The highest BCUT2D eigenvalue weighted by Gasteiger charge is 2.34. The number of hydrogen-bond donors (Lipinski definition) is 0. The largest absolute Gasteiger partial charge is 0.493 e. The highest BCUT2D eigenvalue weighted by Crippen LogP contribution is 2.38. The molecule has 24 heavy (non-hydrogen) atoms. The predicted octanol–water partition coefficient (Wildman–Crippen LogP) is 3.91. The van der Waals surface area contributed by atoms with E-state index in [9.17, 15) is 8.42 Å². The van der Waals surface area contributed by atoms with Gasteiger partial charge in [0.05, 0.1) is 17.7 Å². The van der Waals surface area contributed by atoms with Crippen molar-refractivity contribution in [2.75, 3.05) is 26.3 Å². The molecule has 0 saturated carbocycles. The van der Waals surface area contributed by atoms with Gasteiger partial charge in [0, 0.05) is 19.2 Å². The standard InChI is InChI=1S/C17H26BrNO4S/c1-5-22-15-9-17(16(23-6-2)8-14(15)18)24(20,21)19-10-12(3)7-13(4)11-19/h8-9,12-13H,5-7,10-11H2,1-4H3/t12-,13-/m1/s1. The van der Waals surface area contributed by atoms with Gasteiger partial charge in [0.1, 0.15) is 16.4 Å². The third-order valence-corrected chi connectivity index (χ3v) is 6.52. The van der Waals surface area contributed by atoms with Crippen LogP contribution in [0.5, 0.6) is 11.5 Å². The third kappa shape index (κ3) is 4.24. The summed E-state index contributed by atoms with van der Waals surface area (Å²) in [6.45, 7) is 9.83. The number of rotatable bonds is 6. The predicted molar refractivity (Wildman–Crippen MR) is 98.2 cm³/mol. The lowest BCUT2D eigenvalue weighted by Crippen LogP contribution is -2.42. The fraction of sp³-hybridized carbons (Fsp3) is 0.647. The van der Waals surface area contributed by atoms with E-state index in [0.29, 0.717) is 54.1 Å². The van der Waals surface area contributed by atoms with Gasteiger partial charge < -0.3 is 9.47 Å². The molecule has 1 aromatic rings. The van der Waals surface area contributed by atoms with Crippen LogP contribution in [-0.4, -0.2) is 39.0 Å². The monoisotopic (exact) mass is 419 g/mol. The number of halogens is 1. The highest BCUT2D eigenvalue weighted by atomic mass is 79.9. The number of hydrogen-bond acceptors (Lipinski definition) is 4. The zero-order valence-corrected chi connectivity index (χ0v) is 17.1. The van der Waals surface area contributed by atoms with E-state index in [1.54, 1.807) is 16.4 Å². The van der Waals surface area contributed by atoms with Gasteiger partial charge >= 0.3 is 0 Å². The number of sulfonamides is 1. The van der Waals surface area contributed by atoms with E-state index in [2.05, 4.69) is 29.8 Å². The second-order valence-corrected chi connectivity index (χ2v) is 9.12. The second kappa shape index (κ2) is 8.06. The first-order chi connectivity index (χ1) is 11.3. The highest BCUT2D eigenvalue weighted by molar-refractivity contribution is 9.10. The van der Waals surface area contributed by atoms with Crippen LogP contribution in [0, 0.1) is 11.8 Å². The molecule has 0 bridgehead atoms. The fourth-order valence-corrected chi connectivity index (χ4v) is 5.44. The van der Waals surface area contributed by atoms with Crippen LogP contribution >= 0.6 is 15.9 Å². The minimum Gasteiger partial charge on any atom is -0.493 e. The first kappa shape index (κ1) is 19.5. The molecule has 136 valence electrons. The molecule has 0 unspecified atom stereocenters. The van der Waals surface area contributed by atoms with Gasteiger partial charge in [-0.05, 0) is 54.1 Å². The van der Waals surface area contributed by atoms with Gasteiger partial charge in [-0.25, -0.2) is 8.42 Å². The first-order valence-electron chi connectivity index (χ1n) is 8.38. The normalized spacial score (nSPS) is 22.4. The molecular formula is C17H26BrNO4S. The molecule has 1 aromatic carbocycles. The summed E-state index contributed by atoms with van der Waals surface area (Å²) in [6, 6.07) is 3.25. The summed E-state index contributed by atoms with van der Waals surface area (Å²) in [5.41, 5.74) is 0. The van der Waals surface area contributed by atoms with Crippen molar-refractivity contribution in [3.63, 3.8) is 0 Å². The molecule has 7 heteroatoms. The maximum Gasteiger partial charge on any atom is 0.246 e. The van der Waals surface area contributed by atoms with Crippen molar-refractivity contribution < 1.29 is 17.9 Å². The summed E-state index contributed by atoms with van der Waals surface area (Å²) in [6.07, 6.45) is 1.05. The zero-order chi connectivity index (χ0) is 17.9. The number of nitrogens with zero attached hydrogens (tertiary/aromatic N) is 1. The zero-order valence-electron chi connectivity index (χ0n) is 14.7. The van der Waals surface area contributed by atoms with Gasteiger partial charge in [-0.15, -0.1) is 0 Å². The summed E-state index contributed by atoms with van der Waals surface area (Å²) < 4.78 is 39.8. The average molecular weight is 420 g/mol. The maximum atomic E-state index is 13.2. The molecule has 0 aromatic heterocycles. The average Bonchev–Trinajstić information content (AvgIpc) is 2.49. The Labute approximate surface area is 153 Å². The summed E-state index contributed by atoms with van der Waals surface area (Å²) in [4.78, 5) is 0.178. The molecule has 0 amide bonds. The van der Waals surface area contributed by atoms with Crippen molar-refractivity contribution in [1.82, 2.24) is 4.31 Å². The van der Waals surface area contributed by atoms with Crippen molar-refractivity contribution in [2.24, 2.45) is 11.8 Å². The van der Waals surface area contributed by atoms with Gasteiger partial charge in [-0.3, -0.25) is 0 Å². The second-order valence-electron chi connectivity index (χ2n) is 6.36. The molecule has 1 heterocycles. The Morgan fingerprint density at radius 2 is 1.62 bits per heavy atom. The van der Waals surface area contributed by atoms with E-state index in [-0.39, 0.29) is 4.90 Å². The molecule has 2 rings (SSSR count). The van der Waals surface area contributed by atoms with E-state index < -0.39 is 10.0 Å². The molecule has 0 spiro atoms. The Hall–Kier alpha value is -0.790. The molecule has 2 atom stereocenters. The lowest BCUT2D eigenvalue weighted by Gasteiger charge is -2.34. The summed E-state index contributed by atoms with van der Waals surface area (Å²) >= 11 is 3.42. The van der Waals surface area contributed by atoms with E-state index in [4.69, 9.17) is 9.47 Å². The smallest absolute Gasteiger partial charge is 0.246 e. The Balaban J connectivity index is 2.48. The lowest BCUT2D eigenvalue weighted by atomic mass is 9.94. The van der Waals surface area contributed by atoms with Crippen LogP contribution in [0.15, 0.2) is 21.5 Å². The van der Waals surface area contributed by atoms with Crippen LogP contribution in [0.2, 0.25) is 0 Å². The molecule has 5 nitrogen and oxygen atoms in total. The van der Waals surface area contributed by atoms with Crippen LogP contribution < -0.4 is 9.47 Å². The van der Waals surface area contributed by atoms with Gasteiger partial charge in [-0.1, -0.05) is 13.8 Å². The molecule has 1 fully saturated rings. The van der Waals surface area contributed by atoms with Crippen LogP contribution in [0.3, 0.4) is 0 Å². The lowest BCUT2D eigenvalue weighted by molar-refractivity contribution is 0.221. The summed E-state index contributed by atoms with van der Waals surface area (Å²) in [5.74, 6) is 1.57. The van der Waals surface area contributed by atoms with Crippen LogP contribution in [0.25, 0.3) is 0 Å². The third-order valence-electron chi connectivity index (χ3n) is 4.05. The minimum atomic E-state index is -3.63. The molecule has 1 aliphatic rings. The van der Waals surface area contributed by atoms with Gasteiger partial charge in [0.25, 0.3) is 0 Å². The van der Waals surface area contributed by atoms with Crippen molar-refractivity contribution in [3.05, 3.63) is 16.6 Å². The SMILES string of the molecule is CCOc1cc(S(=O)(=O)N2C[C@H](C)C[C@@H](C)C2)c(OCC)cc1Br. The Morgan fingerprint density at radius 3 is 2.17 bits per heavy atom. The Morgan fingerprint density at radius 1 is 1.08 bits per heavy atom. The molecular weight excluding hydrogens is 394 g/mol. The minimum absolute atomic E-state index is 0.178. The van der Waals surface area contributed by atoms with E-state index in [1.807, 2.05) is 13.8 Å². The molecule has 0 aliphatic carbocycles. The summed E-state index contributed by atoms with van der Waals surface area (Å²) in [5, 5.41) is 0. The van der Waals surface area contributed by atoms with Crippen molar-refractivity contribution in [3.8, 4) is 11.5 Å². The Kier molecular flexibility index (Phi) is 6.56. The molecule has 1 aliphatic heterocycles. The van der Waals surface area contributed by atoms with E-state index in [0.717, 1.165) is 6.42 Å². The Bertz CT molecular complexity index is 667. The van der Waals surface area contributed by atoms with E-state index >= 15 is 0 Å². The van der Waals surface area contributed by atoms with Crippen molar-refractivity contribution in [2.45, 2.75) is 39.0 Å². The van der Waals surface area contributed by atoms with Crippen LogP contribution in [-0.2, 0) is 10.0 Å². The summed E-state index contributed by atoms with van der Waals surface area (Å²) in [7, 11) is -3.63. The van der Waals surface area contributed by atoms with Crippen molar-refractivity contribution in [1.29, 1.82) is 0 Å². The van der Waals surface area contributed by atoms with Crippen LogP contribution in [0.1, 0.15) is 34.1 Å². The number of ether oxygens (including phenoxy) is 2. The van der Waals surface area contributed by atoms with Crippen molar-refractivity contribution >= 4 is 26.0 Å². The fourth-order valence-electron chi connectivity index (χ4n) is 3.19. The number of piperidine rings is 1. The van der Waals surface area contributed by atoms with Gasteiger partial charge in [-0.2, -0.15) is 4.31 Å². The van der Waals surface area contributed by atoms with Gasteiger partial charge in [0.2, 0.25) is 10.0 Å². The molecule has 1 saturated heterocycles. The van der Waals surface area contributed by atoms with E-state index in [1.165, 1.54) is 0 Å². The topological polar surface area (TPSA) is 55.8 Å².